The quantitative estimate of drug-likeness (QED) is 0.848. The summed E-state index contributed by atoms with van der Waals surface area (Å²) in [6, 6.07) is 0. The van der Waals surface area contributed by atoms with Crippen molar-refractivity contribution >= 4 is 15.9 Å². The van der Waals surface area contributed by atoms with Gasteiger partial charge in [0, 0.05) is 49.9 Å². The molecule has 7 nitrogen and oxygen atoms in total. The van der Waals surface area contributed by atoms with E-state index < -0.39 is 10.0 Å². The number of carbonyl (C=O) groups is 1. The Labute approximate surface area is 124 Å². The summed E-state index contributed by atoms with van der Waals surface area (Å²) in [5.74, 6) is 0.534. The molecule has 2 heterocycles. The van der Waals surface area contributed by atoms with E-state index in [0.717, 1.165) is 12.1 Å². The zero-order valence-electron chi connectivity index (χ0n) is 12.0. The maximum absolute atomic E-state index is 12.4. The van der Waals surface area contributed by atoms with Crippen LogP contribution in [0.4, 0.5) is 0 Å². The first-order valence-corrected chi connectivity index (χ1v) is 8.88. The summed E-state index contributed by atoms with van der Waals surface area (Å²) in [6.07, 6.45) is 4.25. The van der Waals surface area contributed by atoms with Crippen molar-refractivity contribution in [3.8, 4) is 0 Å². The largest absolute Gasteiger partial charge is 0.348 e. The predicted octanol–water partition coefficient (Wildman–Crippen LogP) is 0.00710. The second-order valence-electron chi connectivity index (χ2n) is 5.58. The Hall–Kier alpha value is -1.41. The maximum atomic E-state index is 12.4. The van der Waals surface area contributed by atoms with Gasteiger partial charge < -0.3 is 9.88 Å². The van der Waals surface area contributed by atoms with Crippen LogP contribution in [0.5, 0.6) is 0 Å². The van der Waals surface area contributed by atoms with Crippen molar-refractivity contribution in [3.05, 3.63) is 18.2 Å². The van der Waals surface area contributed by atoms with E-state index in [2.05, 4.69) is 9.97 Å². The fraction of sp³-hybridized carbons (Fsp3) is 0.692. The Bertz CT molecular complexity index is 605. The molecule has 1 aromatic heterocycles. The van der Waals surface area contributed by atoms with Crippen LogP contribution in [-0.2, 0) is 14.8 Å². The lowest BCUT2D eigenvalue weighted by molar-refractivity contribution is -0.133. The smallest absolute Gasteiger partial charge is 0.226 e. The van der Waals surface area contributed by atoms with E-state index >= 15 is 0 Å². The van der Waals surface area contributed by atoms with Gasteiger partial charge in [-0.05, 0) is 13.3 Å². The molecular weight excluding hydrogens is 292 g/mol. The molecule has 116 valence electrons. The molecule has 1 aliphatic carbocycles. The van der Waals surface area contributed by atoms with Crippen molar-refractivity contribution in [1.29, 1.82) is 0 Å². The molecule has 1 aliphatic heterocycles. The lowest BCUT2D eigenvalue weighted by atomic mass is 10.2. The molecule has 3 rings (SSSR count). The number of hydrogen-bond acceptors (Lipinski definition) is 4. The summed E-state index contributed by atoms with van der Waals surface area (Å²) >= 11 is 0. The molecule has 1 saturated heterocycles. The lowest BCUT2D eigenvalue weighted by Gasteiger charge is -2.34. The zero-order chi connectivity index (χ0) is 15.0. The first-order chi connectivity index (χ1) is 10.0. The Balaban J connectivity index is 1.55. The van der Waals surface area contributed by atoms with E-state index in [4.69, 9.17) is 0 Å². The minimum Gasteiger partial charge on any atom is -0.348 e. The number of hydrogen-bond donors (Lipinski definition) is 1. The maximum Gasteiger partial charge on any atom is 0.226 e. The standard InChI is InChI=1S/C13H20N4O3S/c1-2-21(19,20)17-5-3-16(4-6-17)13(18)11-7-10(11)12-8-14-9-15-12/h8-11H,2-7H2,1H3,(H,14,15)/t10-,11-/m1/s1. The van der Waals surface area contributed by atoms with Crippen LogP contribution in [0.25, 0.3) is 0 Å². The van der Waals surface area contributed by atoms with Crippen LogP contribution in [0.3, 0.4) is 0 Å². The highest BCUT2D eigenvalue weighted by atomic mass is 32.2. The molecular formula is C13H20N4O3S. The van der Waals surface area contributed by atoms with Crippen molar-refractivity contribution in [2.45, 2.75) is 19.3 Å². The lowest BCUT2D eigenvalue weighted by Crippen LogP contribution is -2.51. The van der Waals surface area contributed by atoms with Crippen LogP contribution in [0.15, 0.2) is 12.5 Å². The predicted molar refractivity (Wildman–Crippen MR) is 77.0 cm³/mol. The number of carbonyl (C=O) groups excluding carboxylic acids is 1. The highest BCUT2D eigenvalue weighted by Gasteiger charge is 2.47. The van der Waals surface area contributed by atoms with Gasteiger partial charge in [0.15, 0.2) is 0 Å². The fourth-order valence-corrected chi connectivity index (χ4v) is 3.97. The second kappa shape index (κ2) is 5.42. The number of sulfonamides is 1. The summed E-state index contributed by atoms with van der Waals surface area (Å²) in [5.41, 5.74) is 1.01. The third-order valence-electron chi connectivity index (χ3n) is 4.33. The number of amides is 1. The Kier molecular flexibility index (Phi) is 3.75. The number of piperazine rings is 1. The molecule has 21 heavy (non-hydrogen) atoms. The van der Waals surface area contributed by atoms with Gasteiger partial charge in [-0.25, -0.2) is 13.4 Å². The van der Waals surface area contributed by atoms with Gasteiger partial charge in [-0.2, -0.15) is 4.31 Å². The van der Waals surface area contributed by atoms with Crippen LogP contribution < -0.4 is 0 Å². The third-order valence-corrected chi connectivity index (χ3v) is 6.22. The van der Waals surface area contributed by atoms with Crippen molar-refractivity contribution in [3.63, 3.8) is 0 Å². The third kappa shape index (κ3) is 2.82. The first-order valence-electron chi connectivity index (χ1n) is 7.28. The molecule has 0 spiro atoms. The number of nitrogens with zero attached hydrogens (tertiary/aromatic N) is 3. The number of aromatic amines is 1. The van der Waals surface area contributed by atoms with Gasteiger partial charge in [-0.15, -0.1) is 0 Å². The van der Waals surface area contributed by atoms with Gasteiger partial charge in [0.1, 0.15) is 0 Å². The molecule has 0 radical (unpaired) electrons. The van der Waals surface area contributed by atoms with Crippen molar-refractivity contribution < 1.29 is 13.2 Å². The summed E-state index contributed by atoms with van der Waals surface area (Å²) in [7, 11) is -3.14. The molecule has 0 bridgehead atoms. The van der Waals surface area contributed by atoms with Crippen LogP contribution >= 0.6 is 0 Å². The van der Waals surface area contributed by atoms with Crippen LogP contribution in [0.1, 0.15) is 25.0 Å². The molecule has 8 heteroatoms. The van der Waals surface area contributed by atoms with Gasteiger partial charge in [0.2, 0.25) is 15.9 Å². The van der Waals surface area contributed by atoms with Crippen LogP contribution in [-0.4, -0.2) is 65.4 Å². The summed E-state index contributed by atoms with van der Waals surface area (Å²) in [4.78, 5) is 21.2. The highest BCUT2D eigenvalue weighted by molar-refractivity contribution is 7.89. The van der Waals surface area contributed by atoms with E-state index in [1.807, 2.05) is 0 Å². The van der Waals surface area contributed by atoms with Gasteiger partial charge in [0.05, 0.1) is 12.1 Å². The average molecular weight is 312 g/mol. The van der Waals surface area contributed by atoms with E-state index in [1.54, 1.807) is 24.3 Å². The SMILES string of the molecule is CCS(=O)(=O)N1CCN(C(=O)[C@@H]2C[C@H]2c2cnc[nH]2)CC1. The van der Waals surface area contributed by atoms with Crippen molar-refractivity contribution in [1.82, 2.24) is 19.2 Å². The molecule has 1 aromatic rings. The van der Waals surface area contributed by atoms with E-state index in [0.29, 0.717) is 26.2 Å². The second-order valence-corrected chi connectivity index (χ2v) is 7.84. The Morgan fingerprint density at radius 1 is 1.38 bits per heavy atom. The number of aromatic nitrogens is 2. The number of rotatable bonds is 4. The van der Waals surface area contributed by atoms with Crippen molar-refractivity contribution in [2.24, 2.45) is 5.92 Å². The number of nitrogens with one attached hydrogen (secondary N) is 1. The average Bonchev–Trinajstić information content (AvgIpc) is 3.12. The molecule has 1 amide bonds. The van der Waals surface area contributed by atoms with Gasteiger partial charge in [-0.1, -0.05) is 0 Å². The summed E-state index contributed by atoms with van der Waals surface area (Å²) in [6.45, 7) is 3.44. The molecule has 2 fully saturated rings. The minimum absolute atomic E-state index is 0.0276. The first kappa shape index (κ1) is 14.5. The van der Waals surface area contributed by atoms with Crippen LogP contribution in [0, 0.1) is 5.92 Å². The minimum atomic E-state index is -3.14. The van der Waals surface area contributed by atoms with E-state index in [-0.39, 0.29) is 23.5 Å². The number of H-pyrrole nitrogens is 1. The molecule has 1 N–H and O–H groups in total. The van der Waals surface area contributed by atoms with Crippen LogP contribution in [0.2, 0.25) is 0 Å². The van der Waals surface area contributed by atoms with Gasteiger partial charge in [-0.3, -0.25) is 4.79 Å². The van der Waals surface area contributed by atoms with E-state index in [9.17, 15) is 13.2 Å². The molecule has 1 saturated carbocycles. The normalized spacial score (nSPS) is 26.8. The highest BCUT2D eigenvalue weighted by Crippen LogP contribution is 2.47. The van der Waals surface area contributed by atoms with Crippen molar-refractivity contribution in [2.75, 3.05) is 31.9 Å². The molecule has 2 atom stereocenters. The zero-order valence-corrected chi connectivity index (χ0v) is 12.8. The Morgan fingerprint density at radius 3 is 2.67 bits per heavy atom. The summed E-state index contributed by atoms with van der Waals surface area (Å²) in [5, 5.41) is 0. The molecule has 2 aliphatic rings. The summed E-state index contributed by atoms with van der Waals surface area (Å²) < 4.78 is 25.1. The monoisotopic (exact) mass is 312 g/mol. The van der Waals surface area contributed by atoms with E-state index in [1.165, 1.54) is 4.31 Å². The van der Waals surface area contributed by atoms with Gasteiger partial charge >= 0.3 is 0 Å². The fourth-order valence-electron chi connectivity index (χ4n) is 2.88. The Morgan fingerprint density at radius 2 is 2.10 bits per heavy atom. The topological polar surface area (TPSA) is 86.4 Å². The number of imidazole rings is 1. The molecule has 0 unspecified atom stereocenters. The van der Waals surface area contributed by atoms with Gasteiger partial charge in [0.25, 0.3) is 0 Å². The molecule has 0 aromatic carbocycles.